The number of aliphatic hydroxyl groups is 1. The van der Waals surface area contributed by atoms with Gasteiger partial charge >= 0.3 is 5.97 Å². The average molecular weight is 328 g/mol. The van der Waals surface area contributed by atoms with Crippen LogP contribution < -0.4 is 0 Å². The minimum absolute atomic E-state index is 0.00535. The van der Waals surface area contributed by atoms with Gasteiger partial charge in [0.1, 0.15) is 13.0 Å². The van der Waals surface area contributed by atoms with Crippen molar-refractivity contribution in [3.05, 3.63) is 58.5 Å². The summed E-state index contributed by atoms with van der Waals surface area (Å²) in [4.78, 5) is 48.2. The molecule has 1 N–H and O–H groups in total. The van der Waals surface area contributed by atoms with Crippen LogP contribution in [0.1, 0.15) is 49.0 Å². The second-order valence-corrected chi connectivity index (χ2v) is 5.10. The SMILES string of the molecule is O=C(CC(=O)c1cc2c(o1)C(=O)c1ccccc1C2=O)OCCO. The first-order valence-corrected chi connectivity index (χ1v) is 7.15. The molecule has 7 heteroatoms. The molecule has 1 aromatic heterocycles. The average Bonchev–Trinajstić information content (AvgIpc) is 3.04. The van der Waals surface area contributed by atoms with E-state index in [1.165, 1.54) is 18.2 Å². The molecule has 3 rings (SSSR count). The van der Waals surface area contributed by atoms with Gasteiger partial charge in [-0.05, 0) is 6.07 Å². The first-order valence-electron chi connectivity index (χ1n) is 7.15. The van der Waals surface area contributed by atoms with Crippen molar-refractivity contribution in [2.45, 2.75) is 6.42 Å². The molecule has 24 heavy (non-hydrogen) atoms. The van der Waals surface area contributed by atoms with E-state index in [-0.39, 0.29) is 41.4 Å². The number of esters is 1. The molecule has 1 aliphatic rings. The third-order valence-electron chi connectivity index (χ3n) is 3.53. The highest BCUT2D eigenvalue weighted by molar-refractivity contribution is 6.28. The van der Waals surface area contributed by atoms with Crippen LogP contribution in [-0.4, -0.2) is 41.6 Å². The third-order valence-corrected chi connectivity index (χ3v) is 3.53. The molecule has 0 saturated heterocycles. The molecule has 0 unspecified atom stereocenters. The van der Waals surface area contributed by atoms with Gasteiger partial charge in [-0.1, -0.05) is 24.3 Å². The molecule has 0 fully saturated rings. The molecule has 0 saturated carbocycles. The number of furan rings is 1. The van der Waals surface area contributed by atoms with Crippen molar-refractivity contribution in [3.63, 3.8) is 0 Å². The number of rotatable bonds is 5. The van der Waals surface area contributed by atoms with E-state index in [1.54, 1.807) is 12.1 Å². The maximum atomic E-state index is 12.4. The summed E-state index contributed by atoms with van der Waals surface area (Å²) >= 11 is 0. The predicted molar refractivity (Wildman–Crippen MR) is 79.0 cm³/mol. The summed E-state index contributed by atoms with van der Waals surface area (Å²) in [5.41, 5.74) is 0.466. The molecule has 1 heterocycles. The van der Waals surface area contributed by atoms with E-state index >= 15 is 0 Å². The minimum Gasteiger partial charge on any atom is -0.463 e. The number of ketones is 3. The maximum absolute atomic E-state index is 12.4. The van der Waals surface area contributed by atoms with Crippen molar-refractivity contribution in [2.24, 2.45) is 0 Å². The van der Waals surface area contributed by atoms with Crippen LogP contribution >= 0.6 is 0 Å². The van der Waals surface area contributed by atoms with Crippen LogP contribution in [0.2, 0.25) is 0 Å². The number of benzene rings is 1. The van der Waals surface area contributed by atoms with Crippen LogP contribution in [0.25, 0.3) is 0 Å². The summed E-state index contributed by atoms with van der Waals surface area (Å²) in [5, 5.41) is 8.57. The highest BCUT2D eigenvalue weighted by atomic mass is 16.5. The van der Waals surface area contributed by atoms with Crippen molar-refractivity contribution >= 4 is 23.3 Å². The molecule has 7 nitrogen and oxygen atoms in total. The second kappa shape index (κ2) is 6.21. The molecular formula is C17H12O7. The fourth-order valence-corrected chi connectivity index (χ4v) is 2.44. The van der Waals surface area contributed by atoms with Crippen molar-refractivity contribution < 1.29 is 33.4 Å². The summed E-state index contributed by atoms with van der Waals surface area (Å²) in [6.07, 6.45) is -0.609. The van der Waals surface area contributed by atoms with Crippen molar-refractivity contribution in [1.82, 2.24) is 0 Å². The fraction of sp³-hybridized carbons (Fsp3) is 0.176. The molecule has 0 spiro atoms. The Morgan fingerprint density at radius 1 is 1.04 bits per heavy atom. The number of Topliss-reactive ketones (excluding diaryl/α,β-unsaturated/α-hetero) is 1. The standard InChI is InChI=1S/C17H12O7/c18-5-6-23-14(20)8-12(19)13-7-11-15(21)9-3-1-2-4-10(9)16(22)17(11)24-13/h1-4,7,18H,5-6,8H2. The third kappa shape index (κ3) is 2.65. The molecule has 0 radical (unpaired) electrons. The van der Waals surface area contributed by atoms with E-state index in [1.807, 2.05) is 0 Å². The van der Waals surface area contributed by atoms with Gasteiger partial charge in [0.2, 0.25) is 11.6 Å². The Balaban J connectivity index is 1.88. The van der Waals surface area contributed by atoms with Crippen LogP contribution in [0.5, 0.6) is 0 Å². The highest BCUT2D eigenvalue weighted by Gasteiger charge is 2.34. The zero-order valence-electron chi connectivity index (χ0n) is 12.4. The first-order chi connectivity index (χ1) is 11.5. The Morgan fingerprint density at radius 3 is 2.38 bits per heavy atom. The molecule has 0 atom stereocenters. The maximum Gasteiger partial charge on any atom is 0.313 e. The summed E-state index contributed by atoms with van der Waals surface area (Å²) in [7, 11) is 0. The number of ether oxygens (including phenoxy) is 1. The number of hydrogen-bond acceptors (Lipinski definition) is 7. The van der Waals surface area contributed by atoms with Crippen molar-refractivity contribution in [3.8, 4) is 0 Å². The van der Waals surface area contributed by atoms with Gasteiger partial charge in [-0.2, -0.15) is 0 Å². The van der Waals surface area contributed by atoms with Crippen LogP contribution in [0.15, 0.2) is 34.7 Å². The van der Waals surface area contributed by atoms with E-state index in [4.69, 9.17) is 9.52 Å². The second-order valence-electron chi connectivity index (χ2n) is 5.10. The van der Waals surface area contributed by atoms with Gasteiger partial charge in [0.05, 0.1) is 12.2 Å². The minimum atomic E-state index is -0.829. The van der Waals surface area contributed by atoms with Gasteiger partial charge in [0.25, 0.3) is 0 Å². The van der Waals surface area contributed by atoms with Gasteiger partial charge in [0.15, 0.2) is 17.3 Å². The van der Waals surface area contributed by atoms with E-state index < -0.39 is 29.7 Å². The topological polar surface area (TPSA) is 111 Å². The van der Waals surface area contributed by atoms with E-state index in [9.17, 15) is 19.2 Å². The molecule has 2 aromatic rings. The van der Waals surface area contributed by atoms with Gasteiger partial charge in [-0.15, -0.1) is 0 Å². The lowest BCUT2D eigenvalue weighted by Gasteiger charge is -2.11. The monoisotopic (exact) mass is 328 g/mol. The summed E-state index contributed by atoms with van der Waals surface area (Å²) in [5.74, 6) is -2.89. The van der Waals surface area contributed by atoms with Gasteiger partial charge < -0.3 is 14.3 Å². The highest BCUT2D eigenvalue weighted by Crippen LogP contribution is 2.29. The molecule has 0 amide bonds. The Labute approximate surface area is 135 Å². The van der Waals surface area contributed by atoms with Crippen LogP contribution in [0, 0.1) is 0 Å². The van der Waals surface area contributed by atoms with Crippen LogP contribution in [-0.2, 0) is 9.53 Å². The lowest BCUT2D eigenvalue weighted by atomic mass is 9.88. The quantitative estimate of drug-likeness (QED) is 0.425. The number of hydrogen-bond donors (Lipinski definition) is 1. The zero-order chi connectivity index (χ0) is 17.3. The number of fused-ring (bicyclic) bond motifs is 2. The zero-order valence-corrected chi connectivity index (χ0v) is 12.4. The first kappa shape index (κ1) is 15.8. The lowest BCUT2D eigenvalue weighted by Crippen LogP contribution is -2.18. The Bertz CT molecular complexity index is 807. The van der Waals surface area contributed by atoms with E-state index in [0.29, 0.717) is 0 Å². The predicted octanol–water partition coefficient (Wildman–Crippen LogP) is 1.16. The smallest absolute Gasteiger partial charge is 0.313 e. The summed E-state index contributed by atoms with van der Waals surface area (Å²) in [6, 6.07) is 7.47. The largest absolute Gasteiger partial charge is 0.463 e. The van der Waals surface area contributed by atoms with Gasteiger partial charge in [-0.3, -0.25) is 19.2 Å². The Morgan fingerprint density at radius 2 is 1.71 bits per heavy atom. The number of aliphatic hydroxyl groups excluding tert-OH is 1. The summed E-state index contributed by atoms with van der Waals surface area (Å²) in [6.45, 7) is -0.566. The van der Waals surface area contributed by atoms with E-state index in [0.717, 1.165) is 0 Å². The molecule has 122 valence electrons. The molecule has 0 bridgehead atoms. The van der Waals surface area contributed by atoms with E-state index in [2.05, 4.69) is 4.74 Å². The van der Waals surface area contributed by atoms with Gasteiger partial charge in [0, 0.05) is 11.1 Å². The number of carbonyl (C=O) groups excluding carboxylic acids is 4. The molecular weight excluding hydrogens is 316 g/mol. The van der Waals surface area contributed by atoms with Gasteiger partial charge in [-0.25, -0.2) is 0 Å². The summed E-state index contributed by atoms with van der Waals surface area (Å²) < 4.78 is 9.83. The van der Waals surface area contributed by atoms with Crippen LogP contribution in [0.3, 0.4) is 0 Å². The van der Waals surface area contributed by atoms with Crippen molar-refractivity contribution in [1.29, 1.82) is 0 Å². The van der Waals surface area contributed by atoms with Crippen molar-refractivity contribution in [2.75, 3.05) is 13.2 Å². The number of carbonyl (C=O) groups is 4. The van der Waals surface area contributed by atoms with Crippen LogP contribution in [0.4, 0.5) is 0 Å². The molecule has 1 aliphatic carbocycles. The lowest BCUT2D eigenvalue weighted by molar-refractivity contribution is -0.143. The molecule has 0 aliphatic heterocycles. The molecule has 1 aromatic carbocycles. The Hall–Kier alpha value is -3.06. The normalized spacial score (nSPS) is 12.5. The Kier molecular flexibility index (Phi) is 4.09. The fourth-order valence-electron chi connectivity index (χ4n) is 2.44.